The molecule has 1 aromatic carbocycles. The van der Waals surface area contributed by atoms with Gasteiger partial charge in [0.25, 0.3) is 0 Å². The van der Waals surface area contributed by atoms with Crippen LogP contribution in [-0.2, 0) is 9.59 Å². The molecule has 0 spiro atoms. The van der Waals surface area contributed by atoms with Crippen molar-refractivity contribution in [3.05, 3.63) is 35.9 Å². The summed E-state index contributed by atoms with van der Waals surface area (Å²) in [6, 6.07) is 8.99. The molecule has 1 rings (SSSR count). The highest BCUT2D eigenvalue weighted by Crippen LogP contribution is 2.19. The molecule has 0 heterocycles. The summed E-state index contributed by atoms with van der Waals surface area (Å²) in [7, 11) is 0. The van der Waals surface area contributed by atoms with E-state index < -0.39 is 11.5 Å². The summed E-state index contributed by atoms with van der Waals surface area (Å²) >= 11 is 0. The van der Waals surface area contributed by atoms with Crippen molar-refractivity contribution in [2.75, 3.05) is 0 Å². The zero-order valence-corrected chi connectivity index (χ0v) is 11.9. The van der Waals surface area contributed by atoms with Gasteiger partial charge >= 0.3 is 5.97 Å². The third-order valence-corrected chi connectivity index (χ3v) is 3.41. The minimum Gasteiger partial charge on any atom is -0.481 e. The van der Waals surface area contributed by atoms with Crippen LogP contribution in [0.1, 0.15) is 44.7 Å². The third kappa shape index (κ3) is 4.66. The number of hydrogen-bond acceptors (Lipinski definition) is 3. The van der Waals surface area contributed by atoms with Gasteiger partial charge in [0, 0.05) is 6.42 Å². The highest BCUT2D eigenvalue weighted by molar-refractivity contribution is 5.85. The molecule has 2 atom stereocenters. The number of carbonyl (C=O) groups excluding carboxylic acids is 1. The fraction of sp³-hybridized carbons (Fsp3) is 0.467. The van der Waals surface area contributed by atoms with Crippen LogP contribution in [-0.4, -0.2) is 22.5 Å². The molecular weight excluding hydrogens is 256 g/mol. The van der Waals surface area contributed by atoms with Gasteiger partial charge in [-0.15, -0.1) is 0 Å². The monoisotopic (exact) mass is 278 g/mol. The van der Waals surface area contributed by atoms with Crippen LogP contribution in [0.25, 0.3) is 0 Å². The number of nitrogens with two attached hydrogens (primary N) is 1. The van der Waals surface area contributed by atoms with E-state index in [1.165, 1.54) is 0 Å². The molecule has 1 amide bonds. The molecule has 110 valence electrons. The molecule has 4 N–H and O–H groups in total. The Balaban J connectivity index is 2.83. The van der Waals surface area contributed by atoms with Gasteiger partial charge in [-0.25, -0.2) is 0 Å². The molecule has 0 aliphatic carbocycles. The van der Waals surface area contributed by atoms with Crippen LogP contribution >= 0.6 is 0 Å². The van der Waals surface area contributed by atoms with Crippen molar-refractivity contribution in [2.45, 2.75) is 44.7 Å². The van der Waals surface area contributed by atoms with Crippen LogP contribution in [0, 0.1) is 0 Å². The van der Waals surface area contributed by atoms with Gasteiger partial charge in [-0.05, 0) is 25.3 Å². The lowest BCUT2D eigenvalue weighted by Gasteiger charge is -2.26. The van der Waals surface area contributed by atoms with Crippen molar-refractivity contribution in [2.24, 2.45) is 5.73 Å². The highest BCUT2D eigenvalue weighted by atomic mass is 16.4. The molecule has 5 nitrogen and oxygen atoms in total. The summed E-state index contributed by atoms with van der Waals surface area (Å²) in [6.07, 6.45) is 0.845. The lowest BCUT2D eigenvalue weighted by atomic mass is 9.96. The Morgan fingerprint density at radius 3 is 2.45 bits per heavy atom. The van der Waals surface area contributed by atoms with Crippen LogP contribution < -0.4 is 11.1 Å². The van der Waals surface area contributed by atoms with Crippen molar-refractivity contribution in [3.63, 3.8) is 0 Å². The van der Waals surface area contributed by atoms with Crippen LogP contribution in [0.15, 0.2) is 30.3 Å². The summed E-state index contributed by atoms with van der Waals surface area (Å²) in [6.45, 7) is 3.51. The molecule has 0 aromatic heterocycles. The Labute approximate surface area is 119 Å². The molecule has 20 heavy (non-hydrogen) atoms. The molecule has 0 bridgehead atoms. The van der Waals surface area contributed by atoms with E-state index in [9.17, 15) is 9.59 Å². The maximum absolute atomic E-state index is 12.1. The number of nitrogens with one attached hydrogen (secondary N) is 1. The van der Waals surface area contributed by atoms with Crippen molar-refractivity contribution in [1.29, 1.82) is 0 Å². The summed E-state index contributed by atoms with van der Waals surface area (Å²) < 4.78 is 0. The molecule has 5 heteroatoms. The SMILES string of the molecule is CCC(C)(N)C(=O)NC(CCC(=O)O)c1ccccc1. The molecule has 0 radical (unpaired) electrons. The Kier molecular flexibility index (Phi) is 5.70. The predicted octanol–water partition coefficient (Wildman–Crippen LogP) is 1.84. The second-order valence-corrected chi connectivity index (χ2v) is 5.14. The van der Waals surface area contributed by atoms with Gasteiger partial charge < -0.3 is 16.2 Å². The van der Waals surface area contributed by atoms with E-state index in [1.54, 1.807) is 6.92 Å². The topological polar surface area (TPSA) is 92.4 Å². The zero-order valence-electron chi connectivity index (χ0n) is 11.9. The average Bonchev–Trinajstić information content (AvgIpc) is 2.43. The predicted molar refractivity (Wildman–Crippen MR) is 77.1 cm³/mol. The van der Waals surface area contributed by atoms with Crippen LogP contribution in [0.5, 0.6) is 0 Å². The van der Waals surface area contributed by atoms with Gasteiger partial charge in [-0.2, -0.15) is 0 Å². The second-order valence-electron chi connectivity index (χ2n) is 5.14. The zero-order chi connectivity index (χ0) is 15.2. The van der Waals surface area contributed by atoms with Gasteiger partial charge in [0.15, 0.2) is 0 Å². The van der Waals surface area contributed by atoms with Crippen LogP contribution in [0.3, 0.4) is 0 Å². The van der Waals surface area contributed by atoms with Crippen molar-refractivity contribution in [1.82, 2.24) is 5.32 Å². The van der Waals surface area contributed by atoms with Crippen molar-refractivity contribution < 1.29 is 14.7 Å². The largest absolute Gasteiger partial charge is 0.481 e. The number of hydrogen-bond donors (Lipinski definition) is 3. The van der Waals surface area contributed by atoms with E-state index in [1.807, 2.05) is 37.3 Å². The van der Waals surface area contributed by atoms with E-state index in [2.05, 4.69) is 5.32 Å². The minimum absolute atomic E-state index is 0.00669. The number of benzene rings is 1. The lowest BCUT2D eigenvalue weighted by molar-refractivity contribution is -0.137. The molecule has 0 aliphatic heterocycles. The molecule has 1 aromatic rings. The van der Waals surface area contributed by atoms with Crippen molar-refractivity contribution in [3.8, 4) is 0 Å². The number of aliphatic carboxylic acids is 1. The molecule has 2 unspecified atom stereocenters. The molecule has 0 aliphatic rings. The van der Waals surface area contributed by atoms with Crippen molar-refractivity contribution >= 4 is 11.9 Å². The normalized spacial score (nSPS) is 15.2. The summed E-state index contributed by atoms with van der Waals surface area (Å²) in [5.41, 5.74) is 5.85. The number of amides is 1. The van der Waals surface area contributed by atoms with E-state index >= 15 is 0 Å². The van der Waals surface area contributed by atoms with E-state index in [4.69, 9.17) is 10.8 Å². The van der Waals surface area contributed by atoms with E-state index in [-0.39, 0.29) is 18.4 Å². The Hall–Kier alpha value is -1.88. The van der Waals surface area contributed by atoms with Gasteiger partial charge in [-0.1, -0.05) is 37.3 Å². The minimum atomic E-state index is -0.948. The Bertz CT molecular complexity index is 457. The maximum atomic E-state index is 12.1. The fourth-order valence-electron chi connectivity index (χ4n) is 1.76. The van der Waals surface area contributed by atoms with E-state index in [0.29, 0.717) is 12.8 Å². The maximum Gasteiger partial charge on any atom is 0.303 e. The number of rotatable bonds is 7. The molecular formula is C15H22N2O3. The third-order valence-electron chi connectivity index (χ3n) is 3.41. The van der Waals surface area contributed by atoms with Gasteiger partial charge in [0.2, 0.25) is 5.91 Å². The number of carbonyl (C=O) groups is 2. The van der Waals surface area contributed by atoms with Gasteiger partial charge in [0.1, 0.15) is 0 Å². The summed E-state index contributed by atoms with van der Waals surface area (Å²) in [5, 5.41) is 11.7. The number of carboxylic acid groups (broad SMARTS) is 1. The standard InChI is InChI=1S/C15H22N2O3/c1-3-15(2,16)14(20)17-12(9-10-13(18)19)11-7-5-4-6-8-11/h4-8,12H,3,9-10,16H2,1-2H3,(H,17,20)(H,18,19). The fourth-order valence-corrected chi connectivity index (χ4v) is 1.76. The molecule has 0 fully saturated rings. The number of carboxylic acids is 1. The highest BCUT2D eigenvalue weighted by Gasteiger charge is 2.28. The first kappa shape index (κ1) is 16.2. The first-order chi connectivity index (χ1) is 9.36. The Morgan fingerprint density at radius 1 is 1.35 bits per heavy atom. The lowest BCUT2D eigenvalue weighted by Crippen LogP contribution is -2.52. The second kappa shape index (κ2) is 7.05. The van der Waals surface area contributed by atoms with Gasteiger partial charge in [-0.3, -0.25) is 9.59 Å². The summed E-state index contributed by atoms with van der Waals surface area (Å²) in [4.78, 5) is 22.9. The van der Waals surface area contributed by atoms with Crippen LogP contribution in [0.4, 0.5) is 0 Å². The van der Waals surface area contributed by atoms with Gasteiger partial charge in [0.05, 0.1) is 11.6 Å². The molecule has 0 saturated carbocycles. The molecule has 0 saturated heterocycles. The smallest absolute Gasteiger partial charge is 0.303 e. The first-order valence-corrected chi connectivity index (χ1v) is 6.73. The first-order valence-electron chi connectivity index (χ1n) is 6.73. The van der Waals surface area contributed by atoms with E-state index in [0.717, 1.165) is 5.56 Å². The average molecular weight is 278 g/mol. The van der Waals surface area contributed by atoms with Crippen LogP contribution in [0.2, 0.25) is 0 Å². The quantitative estimate of drug-likeness (QED) is 0.709. The summed E-state index contributed by atoms with van der Waals surface area (Å²) in [5.74, 6) is -1.15. The Morgan fingerprint density at radius 2 is 1.95 bits per heavy atom.